The molecule has 1 nitrogen and oxygen atoms in total. The molecule has 0 bridgehead atoms. The van der Waals surface area contributed by atoms with Crippen LogP contribution < -0.4 is 4.74 Å². The summed E-state index contributed by atoms with van der Waals surface area (Å²) in [4.78, 5) is 0. The molecule has 1 aromatic rings. The number of rotatable bonds is 4. The van der Waals surface area contributed by atoms with Crippen molar-refractivity contribution in [3.8, 4) is 5.75 Å². The largest absolute Gasteiger partial charge is 0.497 e. The fourth-order valence-electron chi connectivity index (χ4n) is 2.68. The van der Waals surface area contributed by atoms with Crippen LogP contribution in [0, 0.1) is 11.8 Å². The monoisotopic (exact) mass is 296 g/mol. The highest BCUT2D eigenvalue weighted by Gasteiger charge is 2.20. The molecule has 1 aliphatic carbocycles. The summed E-state index contributed by atoms with van der Waals surface area (Å²) >= 11 is 3.60. The molecule has 0 amide bonds. The zero-order valence-electron chi connectivity index (χ0n) is 10.5. The van der Waals surface area contributed by atoms with Crippen molar-refractivity contribution in [1.82, 2.24) is 0 Å². The molecule has 1 aliphatic rings. The summed E-state index contributed by atoms with van der Waals surface area (Å²) in [6.45, 7) is 0. The Morgan fingerprint density at radius 2 is 1.65 bits per heavy atom. The molecule has 0 heterocycles. The van der Waals surface area contributed by atoms with Crippen LogP contribution in [-0.2, 0) is 6.42 Å². The maximum atomic E-state index is 5.18. The lowest BCUT2D eigenvalue weighted by Crippen LogP contribution is -2.17. The number of hydrogen-bond donors (Lipinski definition) is 0. The predicted octanol–water partition coefficient (Wildman–Crippen LogP) is 4.44. The number of ether oxygens (including phenoxy) is 1. The molecular weight excluding hydrogens is 276 g/mol. The molecule has 0 N–H and O–H groups in total. The van der Waals surface area contributed by atoms with Crippen LogP contribution in [0.2, 0.25) is 0 Å². The Kier molecular flexibility index (Phi) is 4.90. The van der Waals surface area contributed by atoms with Crippen LogP contribution in [0.4, 0.5) is 0 Å². The molecule has 0 unspecified atom stereocenters. The number of alkyl halides is 1. The minimum Gasteiger partial charge on any atom is -0.497 e. The van der Waals surface area contributed by atoms with Gasteiger partial charge in [0.2, 0.25) is 0 Å². The van der Waals surface area contributed by atoms with Gasteiger partial charge in [-0.05, 0) is 61.6 Å². The summed E-state index contributed by atoms with van der Waals surface area (Å²) < 4.78 is 5.18. The minimum absolute atomic E-state index is 0.888. The van der Waals surface area contributed by atoms with E-state index in [1.54, 1.807) is 7.11 Å². The van der Waals surface area contributed by atoms with E-state index in [9.17, 15) is 0 Å². The van der Waals surface area contributed by atoms with Crippen molar-refractivity contribution in [3.63, 3.8) is 0 Å². The Hall–Kier alpha value is -0.500. The van der Waals surface area contributed by atoms with E-state index >= 15 is 0 Å². The second-order valence-corrected chi connectivity index (χ2v) is 5.74. The summed E-state index contributed by atoms with van der Waals surface area (Å²) in [5.74, 6) is 2.76. The van der Waals surface area contributed by atoms with Crippen molar-refractivity contribution in [3.05, 3.63) is 29.8 Å². The van der Waals surface area contributed by atoms with E-state index in [2.05, 4.69) is 40.2 Å². The van der Waals surface area contributed by atoms with E-state index in [0.29, 0.717) is 0 Å². The molecule has 2 rings (SSSR count). The second kappa shape index (κ2) is 6.44. The average molecular weight is 297 g/mol. The summed E-state index contributed by atoms with van der Waals surface area (Å²) in [6, 6.07) is 8.55. The molecule has 0 atom stereocenters. The molecule has 2 heteroatoms. The van der Waals surface area contributed by atoms with E-state index in [1.165, 1.54) is 43.0 Å². The predicted molar refractivity (Wildman–Crippen MR) is 75.9 cm³/mol. The Morgan fingerprint density at radius 3 is 2.18 bits per heavy atom. The molecule has 0 radical (unpaired) electrons. The maximum absolute atomic E-state index is 5.18. The van der Waals surface area contributed by atoms with Gasteiger partial charge in [0.05, 0.1) is 7.11 Å². The first kappa shape index (κ1) is 12.9. The number of methoxy groups -OCH3 is 1. The van der Waals surface area contributed by atoms with E-state index in [0.717, 1.165) is 17.6 Å². The normalized spacial score (nSPS) is 24.6. The molecule has 0 spiro atoms. The van der Waals surface area contributed by atoms with E-state index in [4.69, 9.17) is 4.74 Å². The molecule has 1 fully saturated rings. The first-order chi connectivity index (χ1) is 8.31. The number of halogens is 1. The lowest BCUT2D eigenvalue weighted by atomic mass is 9.80. The van der Waals surface area contributed by atoms with Crippen molar-refractivity contribution in [2.45, 2.75) is 32.1 Å². The molecule has 0 aromatic heterocycles. The lowest BCUT2D eigenvalue weighted by Gasteiger charge is -2.27. The summed E-state index contributed by atoms with van der Waals surface area (Å²) in [7, 11) is 1.72. The van der Waals surface area contributed by atoms with E-state index in [1.807, 2.05) is 0 Å². The van der Waals surface area contributed by atoms with Crippen LogP contribution in [0.25, 0.3) is 0 Å². The third-order valence-electron chi connectivity index (χ3n) is 3.87. The van der Waals surface area contributed by atoms with Gasteiger partial charge in [0.15, 0.2) is 0 Å². The van der Waals surface area contributed by atoms with Gasteiger partial charge in [-0.25, -0.2) is 0 Å². The molecule has 94 valence electrons. The Bertz CT molecular complexity index is 325. The highest BCUT2D eigenvalue weighted by molar-refractivity contribution is 9.09. The van der Waals surface area contributed by atoms with Crippen molar-refractivity contribution in [2.24, 2.45) is 11.8 Å². The lowest BCUT2D eigenvalue weighted by molar-refractivity contribution is 0.293. The van der Waals surface area contributed by atoms with Crippen LogP contribution in [0.5, 0.6) is 5.75 Å². The highest BCUT2D eigenvalue weighted by atomic mass is 79.9. The number of hydrogen-bond acceptors (Lipinski definition) is 1. The minimum atomic E-state index is 0.888. The Morgan fingerprint density at radius 1 is 1.06 bits per heavy atom. The van der Waals surface area contributed by atoms with Gasteiger partial charge in [0, 0.05) is 5.33 Å². The molecule has 17 heavy (non-hydrogen) atoms. The van der Waals surface area contributed by atoms with Gasteiger partial charge in [-0.3, -0.25) is 0 Å². The molecule has 0 aliphatic heterocycles. The van der Waals surface area contributed by atoms with Crippen molar-refractivity contribution < 1.29 is 4.74 Å². The Labute approximate surface area is 113 Å². The SMILES string of the molecule is COc1ccc(CC2CCC(CBr)CC2)cc1. The van der Waals surface area contributed by atoms with Crippen LogP contribution in [-0.4, -0.2) is 12.4 Å². The van der Waals surface area contributed by atoms with Crippen molar-refractivity contribution >= 4 is 15.9 Å². The van der Waals surface area contributed by atoms with Gasteiger partial charge in [-0.15, -0.1) is 0 Å². The maximum Gasteiger partial charge on any atom is 0.118 e. The third kappa shape index (κ3) is 3.74. The Balaban J connectivity index is 1.84. The summed E-state index contributed by atoms with van der Waals surface area (Å²) in [5, 5.41) is 1.18. The zero-order valence-corrected chi connectivity index (χ0v) is 12.1. The third-order valence-corrected chi connectivity index (χ3v) is 4.78. The van der Waals surface area contributed by atoms with Crippen molar-refractivity contribution in [2.75, 3.05) is 12.4 Å². The molecule has 1 aromatic carbocycles. The topological polar surface area (TPSA) is 9.23 Å². The fraction of sp³-hybridized carbons (Fsp3) is 0.600. The first-order valence-electron chi connectivity index (χ1n) is 6.50. The first-order valence-corrected chi connectivity index (χ1v) is 7.63. The van der Waals surface area contributed by atoms with Crippen LogP contribution in [0.3, 0.4) is 0 Å². The van der Waals surface area contributed by atoms with E-state index < -0.39 is 0 Å². The van der Waals surface area contributed by atoms with Gasteiger partial charge >= 0.3 is 0 Å². The number of benzene rings is 1. The fourth-order valence-corrected chi connectivity index (χ4v) is 3.33. The smallest absolute Gasteiger partial charge is 0.118 e. The standard InChI is InChI=1S/C15H21BrO/c1-17-15-8-6-13(7-9-15)10-12-2-4-14(11-16)5-3-12/h6-9,12,14H,2-5,10-11H2,1H3. The van der Waals surface area contributed by atoms with Crippen LogP contribution >= 0.6 is 15.9 Å². The van der Waals surface area contributed by atoms with Crippen LogP contribution in [0.15, 0.2) is 24.3 Å². The quantitative estimate of drug-likeness (QED) is 0.747. The summed E-state index contributed by atoms with van der Waals surface area (Å²) in [6.07, 6.45) is 6.81. The van der Waals surface area contributed by atoms with Gasteiger partial charge in [0.25, 0.3) is 0 Å². The van der Waals surface area contributed by atoms with Gasteiger partial charge < -0.3 is 4.74 Å². The molecule has 0 saturated heterocycles. The molecule has 1 saturated carbocycles. The molecular formula is C15H21BrO. The van der Waals surface area contributed by atoms with Gasteiger partial charge in [0.1, 0.15) is 5.75 Å². The zero-order chi connectivity index (χ0) is 12.1. The van der Waals surface area contributed by atoms with Gasteiger partial charge in [-0.1, -0.05) is 28.1 Å². The van der Waals surface area contributed by atoms with Gasteiger partial charge in [-0.2, -0.15) is 0 Å². The van der Waals surface area contributed by atoms with Crippen LogP contribution in [0.1, 0.15) is 31.2 Å². The highest BCUT2D eigenvalue weighted by Crippen LogP contribution is 2.32. The summed E-state index contributed by atoms with van der Waals surface area (Å²) in [5.41, 5.74) is 1.45. The van der Waals surface area contributed by atoms with Crippen molar-refractivity contribution in [1.29, 1.82) is 0 Å². The van der Waals surface area contributed by atoms with E-state index in [-0.39, 0.29) is 0 Å². The average Bonchev–Trinajstić information content (AvgIpc) is 2.40. The second-order valence-electron chi connectivity index (χ2n) is 5.09.